The number of rotatable bonds is 3. The van der Waals surface area contributed by atoms with Gasteiger partial charge in [-0.25, -0.2) is 5.43 Å². The van der Waals surface area contributed by atoms with Gasteiger partial charge in [0.15, 0.2) is 0 Å². The molecular formula is C11H15N3S. The zero-order valence-corrected chi connectivity index (χ0v) is 9.63. The van der Waals surface area contributed by atoms with Crippen LogP contribution >= 0.6 is 11.3 Å². The molecule has 1 atom stereocenters. The maximum Gasteiger partial charge on any atom is 0.136 e. The lowest BCUT2D eigenvalue weighted by Crippen LogP contribution is -2.47. The van der Waals surface area contributed by atoms with Crippen molar-refractivity contribution in [2.75, 3.05) is 5.01 Å². The highest BCUT2D eigenvalue weighted by Gasteiger charge is 2.30. The Morgan fingerprint density at radius 3 is 3.20 bits per heavy atom. The first-order valence-corrected chi connectivity index (χ1v) is 6.42. The number of anilines is 1. The molecule has 0 aromatic carbocycles. The standard InChI is InChI=1S/C11H15N3S/c1-2-10-12-7-8-5-6-15-11(8)14(10)13-9-3-4-9/h5-7,9-10,13H,2-4H2,1H3. The lowest BCUT2D eigenvalue weighted by atomic mass is 10.2. The third kappa shape index (κ3) is 1.68. The van der Waals surface area contributed by atoms with Crippen LogP contribution in [0.3, 0.4) is 0 Å². The number of aliphatic imine (C=N–C) groups is 1. The van der Waals surface area contributed by atoms with Gasteiger partial charge in [0, 0.05) is 17.8 Å². The fourth-order valence-electron chi connectivity index (χ4n) is 1.82. The predicted molar refractivity (Wildman–Crippen MR) is 64.6 cm³/mol. The van der Waals surface area contributed by atoms with Crippen molar-refractivity contribution in [1.29, 1.82) is 0 Å². The van der Waals surface area contributed by atoms with E-state index in [0.717, 1.165) is 6.42 Å². The van der Waals surface area contributed by atoms with Crippen molar-refractivity contribution >= 4 is 22.6 Å². The van der Waals surface area contributed by atoms with Gasteiger partial charge in [-0.05, 0) is 30.7 Å². The van der Waals surface area contributed by atoms with Crippen LogP contribution in [-0.4, -0.2) is 18.4 Å². The molecule has 1 aliphatic heterocycles. The molecule has 0 saturated heterocycles. The van der Waals surface area contributed by atoms with Crippen LogP contribution in [0.25, 0.3) is 0 Å². The number of hydrogen-bond acceptors (Lipinski definition) is 4. The van der Waals surface area contributed by atoms with Crippen LogP contribution in [0.15, 0.2) is 16.4 Å². The molecule has 0 bridgehead atoms. The van der Waals surface area contributed by atoms with Crippen LogP contribution < -0.4 is 10.4 Å². The number of hydrazine groups is 1. The van der Waals surface area contributed by atoms with Gasteiger partial charge >= 0.3 is 0 Å². The van der Waals surface area contributed by atoms with Crippen molar-refractivity contribution < 1.29 is 0 Å². The summed E-state index contributed by atoms with van der Waals surface area (Å²) in [5.41, 5.74) is 4.81. The Hall–Kier alpha value is -0.870. The minimum Gasteiger partial charge on any atom is -0.274 e. The zero-order valence-electron chi connectivity index (χ0n) is 8.81. The fraction of sp³-hybridized carbons (Fsp3) is 0.545. The summed E-state index contributed by atoms with van der Waals surface area (Å²) in [6.07, 6.45) is 5.93. The minimum atomic E-state index is 0.275. The Bertz CT molecular complexity index is 381. The maximum absolute atomic E-state index is 4.57. The van der Waals surface area contributed by atoms with E-state index in [1.165, 1.54) is 23.4 Å². The summed E-state index contributed by atoms with van der Waals surface area (Å²) in [5, 5.41) is 5.72. The maximum atomic E-state index is 4.57. The molecule has 80 valence electrons. The molecule has 2 aliphatic rings. The molecule has 4 heteroatoms. The van der Waals surface area contributed by atoms with E-state index in [2.05, 4.69) is 33.8 Å². The van der Waals surface area contributed by atoms with Crippen LogP contribution in [0.1, 0.15) is 31.7 Å². The van der Waals surface area contributed by atoms with Gasteiger partial charge in [0.05, 0.1) is 0 Å². The summed E-state index contributed by atoms with van der Waals surface area (Å²) in [4.78, 5) is 4.57. The second-order valence-electron chi connectivity index (χ2n) is 4.12. The Kier molecular flexibility index (Phi) is 2.25. The second-order valence-corrected chi connectivity index (χ2v) is 5.02. The molecule has 0 amide bonds. The monoisotopic (exact) mass is 221 g/mol. The van der Waals surface area contributed by atoms with Gasteiger partial charge in [0.1, 0.15) is 11.2 Å². The van der Waals surface area contributed by atoms with E-state index >= 15 is 0 Å². The number of nitrogens with zero attached hydrogens (tertiary/aromatic N) is 2. The van der Waals surface area contributed by atoms with Gasteiger partial charge in [0.2, 0.25) is 0 Å². The van der Waals surface area contributed by atoms with Gasteiger partial charge in [-0.3, -0.25) is 10.0 Å². The average Bonchev–Trinajstić information content (AvgIpc) is 2.94. The van der Waals surface area contributed by atoms with E-state index < -0.39 is 0 Å². The normalized spacial score (nSPS) is 24.3. The zero-order chi connectivity index (χ0) is 10.3. The summed E-state index contributed by atoms with van der Waals surface area (Å²) < 4.78 is 0. The molecule has 1 N–H and O–H groups in total. The lowest BCUT2D eigenvalue weighted by molar-refractivity contribution is 0.509. The Balaban J connectivity index is 1.89. The highest BCUT2D eigenvalue weighted by atomic mass is 32.1. The lowest BCUT2D eigenvalue weighted by Gasteiger charge is -2.32. The fourth-order valence-corrected chi connectivity index (χ4v) is 2.70. The van der Waals surface area contributed by atoms with Crippen LogP contribution in [0, 0.1) is 0 Å². The molecule has 15 heavy (non-hydrogen) atoms. The van der Waals surface area contributed by atoms with Crippen molar-refractivity contribution in [2.45, 2.75) is 38.4 Å². The van der Waals surface area contributed by atoms with Gasteiger partial charge in [-0.1, -0.05) is 6.92 Å². The number of nitrogens with one attached hydrogen (secondary N) is 1. The van der Waals surface area contributed by atoms with Crippen LogP contribution in [0.2, 0.25) is 0 Å². The Morgan fingerprint density at radius 1 is 1.60 bits per heavy atom. The van der Waals surface area contributed by atoms with Crippen molar-refractivity contribution in [3.05, 3.63) is 17.0 Å². The summed E-state index contributed by atoms with van der Waals surface area (Å²) >= 11 is 1.79. The Labute approximate surface area is 93.8 Å². The third-order valence-electron chi connectivity index (χ3n) is 2.84. The quantitative estimate of drug-likeness (QED) is 0.848. The smallest absolute Gasteiger partial charge is 0.136 e. The largest absolute Gasteiger partial charge is 0.274 e. The molecule has 1 unspecified atom stereocenters. The van der Waals surface area contributed by atoms with Gasteiger partial charge in [-0.2, -0.15) is 0 Å². The molecule has 3 nitrogen and oxygen atoms in total. The molecule has 1 fully saturated rings. The molecule has 2 heterocycles. The SMILES string of the molecule is CCC1N=Cc2ccsc2N1NC1CC1. The first-order valence-electron chi connectivity index (χ1n) is 5.54. The predicted octanol–water partition coefficient (Wildman–Crippen LogP) is 2.39. The van der Waals surface area contributed by atoms with E-state index in [0.29, 0.717) is 6.04 Å². The molecule has 1 aliphatic carbocycles. The Morgan fingerprint density at radius 2 is 2.47 bits per heavy atom. The van der Waals surface area contributed by atoms with Crippen molar-refractivity contribution in [1.82, 2.24) is 5.43 Å². The third-order valence-corrected chi connectivity index (χ3v) is 3.77. The van der Waals surface area contributed by atoms with Gasteiger partial charge in [0.25, 0.3) is 0 Å². The van der Waals surface area contributed by atoms with E-state index in [1.54, 1.807) is 11.3 Å². The highest BCUT2D eigenvalue weighted by Crippen LogP contribution is 2.33. The topological polar surface area (TPSA) is 27.6 Å². The first-order chi connectivity index (χ1) is 7.38. The average molecular weight is 221 g/mol. The van der Waals surface area contributed by atoms with E-state index in [1.807, 2.05) is 6.21 Å². The van der Waals surface area contributed by atoms with Gasteiger partial charge < -0.3 is 0 Å². The van der Waals surface area contributed by atoms with Crippen LogP contribution in [0.4, 0.5) is 5.00 Å². The van der Waals surface area contributed by atoms with E-state index in [9.17, 15) is 0 Å². The highest BCUT2D eigenvalue weighted by molar-refractivity contribution is 7.14. The first kappa shape index (κ1) is 9.36. The van der Waals surface area contributed by atoms with E-state index in [-0.39, 0.29) is 6.17 Å². The summed E-state index contributed by atoms with van der Waals surface area (Å²) in [7, 11) is 0. The summed E-state index contributed by atoms with van der Waals surface area (Å²) in [5.74, 6) is 0. The molecule has 1 saturated carbocycles. The minimum absolute atomic E-state index is 0.275. The van der Waals surface area contributed by atoms with E-state index in [4.69, 9.17) is 0 Å². The number of fused-ring (bicyclic) bond motifs is 1. The molecule has 1 aromatic heterocycles. The molecule has 0 radical (unpaired) electrons. The van der Waals surface area contributed by atoms with Gasteiger partial charge in [-0.15, -0.1) is 11.3 Å². The summed E-state index contributed by atoms with van der Waals surface area (Å²) in [6.45, 7) is 2.18. The molecule has 3 rings (SSSR count). The molecular weight excluding hydrogens is 206 g/mol. The number of thiophene rings is 1. The van der Waals surface area contributed by atoms with Crippen molar-refractivity contribution in [3.8, 4) is 0 Å². The van der Waals surface area contributed by atoms with Crippen LogP contribution in [-0.2, 0) is 0 Å². The van der Waals surface area contributed by atoms with Crippen LogP contribution in [0.5, 0.6) is 0 Å². The van der Waals surface area contributed by atoms with Crippen molar-refractivity contribution in [2.24, 2.45) is 4.99 Å². The molecule has 1 aromatic rings. The van der Waals surface area contributed by atoms with Crippen molar-refractivity contribution in [3.63, 3.8) is 0 Å². The second kappa shape index (κ2) is 3.61. The summed E-state index contributed by atoms with van der Waals surface area (Å²) in [6, 6.07) is 2.82. The molecule has 0 spiro atoms. The number of hydrogen-bond donors (Lipinski definition) is 1.